The van der Waals surface area contributed by atoms with Crippen LogP contribution in [0.15, 0.2) is 0 Å². The Morgan fingerprint density at radius 3 is 1.75 bits per heavy atom. The van der Waals surface area contributed by atoms with Gasteiger partial charge in [-0.05, 0) is 25.2 Å². The normalized spacial score (nSPS) is 15.5. The first-order chi connectivity index (χ1) is 12.9. The van der Waals surface area contributed by atoms with E-state index < -0.39 is 54.5 Å². The van der Waals surface area contributed by atoms with Gasteiger partial charge in [0.1, 0.15) is 12.1 Å². The van der Waals surface area contributed by atoms with Crippen LogP contribution in [-0.4, -0.2) is 59.6 Å². The van der Waals surface area contributed by atoms with Crippen molar-refractivity contribution in [3.63, 3.8) is 0 Å². The minimum atomic E-state index is -1.41. The first-order valence-electron chi connectivity index (χ1n) is 9.44. The summed E-state index contributed by atoms with van der Waals surface area (Å²) < 4.78 is 0. The monoisotopic (exact) mass is 402 g/mol. The Morgan fingerprint density at radius 2 is 1.32 bits per heavy atom. The van der Waals surface area contributed by atoms with E-state index in [-0.39, 0.29) is 18.3 Å². The Hall–Kier alpha value is -2.20. The maximum Gasteiger partial charge on any atom is 0.278 e. The first-order valence-corrected chi connectivity index (χ1v) is 9.44. The van der Waals surface area contributed by atoms with Gasteiger partial charge in [0.25, 0.3) is 5.91 Å². The maximum atomic E-state index is 12.3. The van der Waals surface area contributed by atoms with Gasteiger partial charge in [-0.2, -0.15) is 0 Å². The van der Waals surface area contributed by atoms with E-state index in [2.05, 4.69) is 21.7 Å². The molecule has 7 N–H and O–H groups in total. The molecule has 10 heteroatoms. The molecule has 162 valence electrons. The Labute approximate surface area is 165 Å². The molecule has 28 heavy (non-hydrogen) atoms. The van der Waals surface area contributed by atoms with E-state index >= 15 is 0 Å². The van der Waals surface area contributed by atoms with Gasteiger partial charge in [0.15, 0.2) is 6.04 Å². The summed E-state index contributed by atoms with van der Waals surface area (Å²) in [6, 6.07) is -4.07. The fourth-order valence-electron chi connectivity index (χ4n) is 2.52. The lowest BCUT2D eigenvalue weighted by molar-refractivity contribution is -0.406. The number of nitrogens with one attached hydrogen (secondary N) is 3. The molecule has 0 aromatic rings. The summed E-state index contributed by atoms with van der Waals surface area (Å²) >= 11 is 0. The van der Waals surface area contributed by atoms with Crippen LogP contribution >= 0.6 is 0 Å². The number of aliphatic hydroxyl groups excluding tert-OH is 1. The number of carboxylic acids is 1. The van der Waals surface area contributed by atoms with Gasteiger partial charge in [-0.15, -0.1) is 0 Å². The van der Waals surface area contributed by atoms with Crippen molar-refractivity contribution in [1.29, 1.82) is 0 Å². The summed E-state index contributed by atoms with van der Waals surface area (Å²) in [5.41, 5.74) is 3.74. The number of quaternary nitrogens is 1. The van der Waals surface area contributed by atoms with Crippen LogP contribution in [0, 0.1) is 11.8 Å². The largest absolute Gasteiger partial charge is 0.548 e. The topological polar surface area (TPSA) is 175 Å². The van der Waals surface area contributed by atoms with Gasteiger partial charge >= 0.3 is 0 Å². The van der Waals surface area contributed by atoms with Crippen LogP contribution in [0.3, 0.4) is 0 Å². The zero-order chi connectivity index (χ0) is 22.0. The molecule has 0 aromatic carbocycles. The van der Waals surface area contributed by atoms with E-state index in [1.54, 1.807) is 13.8 Å². The summed E-state index contributed by atoms with van der Waals surface area (Å²) in [7, 11) is 0. The van der Waals surface area contributed by atoms with E-state index in [4.69, 9.17) is 0 Å². The van der Waals surface area contributed by atoms with Crippen molar-refractivity contribution in [3.05, 3.63) is 0 Å². The van der Waals surface area contributed by atoms with Crippen LogP contribution in [0.5, 0.6) is 0 Å². The van der Waals surface area contributed by atoms with E-state index in [9.17, 15) is 29.4 Å². The van der Waals surface area contributed by atoms with Crippen molar-refractivity contribution in [2.45, 2.75) is 71.6 Å². The molecule has 0 aromatic heterocycles. The SMILES string of the molecule is CC(C)C[C@H](NC(=O)[C@H](C)NC(=O)[C@H](CO)NC(=O)[C@@H]([NH3+])CC(C)C)C(=O)[O-]. The molecular weight excluding hydrogens is 368 g/mol. The van der Waals surface area contributed by atoms with E-state index in [1.165, 1.54) is 6.92 Å². The molecule has 0 saturated heterocycles. The van der Waals surface area contributed by atoms with Crippen molar-refractivity contribution in [1.82, 2.24) is 16.0 Å². The molecule has 0 radical (unpaired) electrons. The van der Waals surface area contributed by atoms with Gasteiger partial charge in [-0.3, -0.25) is 14.4 Å². The van der Waals surface area contributed by atoms with Gasteiger partial charge in [-0.1, -0.05) is 27.7 Å². The molecule has 0 aliphatic carbocycles. The van der Waals surface area contributed by atoms with Crippen molar-refractivity contribution < 1.29 is 35.1 Å². The summed E-state index contributed by atoms with van der Waals surface area (Å²) in [5, 5.41) is 27.6. The first kappa shape index (κ1) is 25.8. The minimum Gasteiger partial charge on any atom is -0.548 e. The highest BCUT2D eigenvalue weighted by atomic mass is 16.4. The Balaban J connectivity index is 4.80. The number of hydrogen-bond acceptors (Lipinski definition) is 6. The average Bonchev–Trinajstić information content (AvgIpc) is 2.57. The highest BCUT2D eigenvalue weighted by Crippen LogP contribution is 2.05. The molecular formula is C18H34N4O6. The smallest absolute Gasteiger partial charge is 0.278 e. The van der Waals surface area contributed by atoms with Gasteiger partial charge in [-0.25, -0.2) is 0 Å². The third-order valence-corrected chi connectivity index (χ3v) is 4.00. The Kier molecular flexibility index (Phi) is 11.3. The zero-order valence-electron chi connectivity index (χ0n) is 17.3. The molecule has 0 saturated carbocycles. The van der Waals surface area contributed by atoms with Crippen LogP contribution in [0.4, 0.5) is 0 Å². The molecule has 0 unspecified atom stereocenters. The number of carbonyl (C=O) groups is 4. The molecule has 0 spiro atoms. The van der Waals surface area contributed by atoms with Crippen molar-refractivity contribution >= 4 is 23.7 Å². The van der Waals surface area contributed by atoms with Crippen molar-refractivity contribution in [2.24, 2.45) is 11.8 Å². The molecule has 0 aliphatic rings. The standard InChI is InChI=1S/C18H34N4O6/c1-9(2)6-12(19)16(25)22-14(8-23)17(26)20-11(5)15(24)21-13(18(27)28)7-10(3)4/h9-14,23H,6-8,19H2,1-5H3,(H,20,26)(H,21,24)(H,22,25)(H,27,28)/t11-,12-,13-,14-/m0/s1. The lowest BCUT2D eigenvalue weighted by atomic mass is 10.0. The van der Waals surface area contributed by atoms with Crippen LogP contribution in [0.2, 0.25) is 0 Å². The number of rotatable bonds is 12. The molecule has 10 nitrogen and oxygen atoms in total. The van der Waals surface area contributed by atoms with E-state index in [0.29, 0.717) is 6.42 Å². The molecule has 4 atom stereocenters. The number of aliphatic carboxylic acids is 1. The van der Waals surface area contributed by atoms with Crippen LogP contribution in [-0.2, 0) is 19.2 Å². The second-order valence-corrected chi connectivity index (χ2v) is 7.81. The summed E-state index contributed by atoms with van der Waals surface area (Å²) in [4.78, 5) is 47.6. The van der Waals surface area contributed by atoms with Gasteiger partial charge in [0, 0.05) is 6.42 Å². The highest BCUT2D eigenvalue weighted by molar-refractivity contribution is 5.93. The minimum absolute atomic E-state index is 0.0171. The molecule has 0 rings (SSSR count). The highest BCUT2D eigenvalue weighted by Gasteiger charge is 2.28. The molecule has 0 bridgehead atoms. The van der Waals surface area contributed by atoms with E-state index in [0.717, 1.165) is 0 Å². The van der Waals surface area contributed by atoms with Crippen molar-refractivity contribution in [2.75, 3.05) is 6.61 Å². The quantitative estimate of drug-likeness (QED) is 0.231. The van der Waals surface area contributed by atoms with Gasteiger partial charge in [0.05, 0.1) is 18.6 Å². The molecule has 0 fully saturated rings. The Bertz CT molecular complexity index is 552. The van der Waals surface area contributed by atoms with Crippen molar-refractivity contribution in [3.8, 4) is 0 Å². The van der Waals surface area contributed by atoms with Crippen LogP contribution in [0.25, 0.3) is 0 Å². The fraction of sp³-hybridized carbons (Fsp3) is 0.778. The maximum absolute atomic E-state index is 12.3. The molecule has 3 amide bonds. The number of aliphatic hydroxyl groups is 1. The molecule has 0 aliphatic heterocycles. The number of amides is 3. The van der Waals surface area contributed by atoms with Gasteiger partial charge in [0.2, 0.25) is 11.8 Å². The lowest BCUT2D eigenvalue weighted by Crippen LogP contribution is -2.69. The van der Waals surface area contributed by atoms with Crippen LogP contribution in [0.1, 0.15) is 47.5 Å². The zero-order valence-corrected chi connectivity index (χ0v) is 17.3. The average molecular weight is 402 g/mol. The lowest BCUT2D eigenvalue weighted by Gasteiger charge is -2.25. The fourth-order valence-corrected chi connectivity index (χ4v) is 2.52. The van der Waals surface area contributed by atoms with E-state index in [1.807, 2.05) is 13.8 Å². The predicted octanol–water partition coefficient (Wildman–Crippen LogP) is -3.09. The number of hydrogen-bond donors (Lipinski definition) is 5. The second-order valence-electron chi connectivity index (χ2n) is 7.81. The summed E-state index contributed by atoms with van der Waals surface area (Å²) in [6.07, 6.45) is 0.704. The summed E-state index contributed by atoms with van der Waals surface area (Å²) in [6.45, 7) is 8.18. The third kappa shape index (κ3) is 9.65. The predicted molar refractivity (Wildman–Crippen MR) is 99.1 cm³/mol. The Morgan fingerprint density at radius 1 is 0.821 bits per heavy atom. The van der Waals surface area contributed by atoms with Crippen LogP contribution < -0.4 is 26.8 Å². The number of carboxylic acid groups (broad SMARTS) is 1. The second kappa shape index (κ2) is 12.3. The third-order valence-electron chi connectivity index (χ3n) is 4.00. The van der Waals surface area contributed by atoms with Gasteiger partial charge < -0.3 is 36.7 Å². The number of carbonyl (C=O) groups excluding carboxylic acids is 4. The summed E-state index contributed by atoms with van der Waals surface area (Å²) in [5.74, 6) is -3.10. The molecule has 0 heterocycles.